The van der Waals surface area contributed by atoms with Gasteiger partial charge < -0.3 is 19.4 Å². The fourth-order valence-corrected chi connectivity index (χ4v) is 3.85. The third-order valence-electron chi connectivity index (χ3n) is 5.30. The minimum absolute atomic E-state index is 0.0744. The van der Waals surface area contributed by atoms with Crippen LogP contribution in [0.1, 0.15) is 37.4 Å². The molecular formula is C20H22FN5O4. The van der Waals surface area contributed by atoms with Gasteiger partial charge in [0.1, 0.15) is 5.65 Å². The number of carbonyl (C=O) groups is 1. The third-order valence-corrected chi connectivity index (χ3v) is 5.30. The van der Waals surface area contributed by atoms with Crippen molar-refractivity contribution in [3.8, 4) is 5.88 Å². The molecule has 0 amide bonds. The predicted octanol–water partition coefficient (Wildman–Crippen LogP) is 3.58. The lowest BCUT2D eigenvalue weighted by molar-refractivity contribution is 0.118. The number of anilines is 2. The van der Waals surface area contributed by atoms with Crippen molar-refractivity contribution >= 4 is 28.8 Å². The van der Waals surface area contributed by atoms with Gasteiger partial charge in [0.05, 0.1) is 18.5 Å². The molecule has 9 nitrogen and oxygen atoms in total. The third kappa shape index (κ3) is 3.60. The first-order valence-corrected chi connectivity index (χ1v) is 9.66. The van der Waals surface area contributed by atoms with Crippen molar-refractivity contribution in [3.05, 3.63) is 40.2 Å². The Labute approximate surface area is 171 Å². The number of carbonyl (C=O) groups excluding carboxylic acids is 1. The summed E-state index contributed by atoms with van der Waals surface area (Å²) in [5.41, 5.74) is 0.874. The molecule has 4 rings (SSSR count). The summed E-state index contributed by atoms with van der Waals surface area (Å²) in [5.74, 6) is -0.269. The lowest BCUT2D eigenvalue weighted by Crippen LogP contribution is -2.27. The Morgan fingerprint density at radius 3 is 2.70 bits per heavy atom. The van der Waals surface area contributed by atoms with Gasteiger partial charge in [-0.2, -0.15) is 4.98 Å². The average molecular weight is 415 g/mol. The maximum Gasteiger partial charge on any atom is 0.514 e. The van der Waals surface area contributed by atoms with Gasteiger partial charge in [-0.3, -0.25) is 9.36 Å². The number of aromatic nitrogens is 4. The number of hydrogen-bond donors (Lipinski definition) is 1. The molecule has 0 spiro atoms. The lowest BCUT2D eigenvalue weighted by Gasteiger charge is -2.17. The molecular weight excluding hydrogens is 393 g/mol. The molecule has 0 radical (unpaired) electrons. The van der Waals surface area contributed by atoms with Crippen LogP contribution in [0.4, 0.5) is 20.8 Å². The number of nitrogens with zero attached hydrogens (tertiary/aromatic N) is 4. The summed E-state index contributed by atoms with van der Waals surface area (Å²) in [5, 5.41) is 3.56. The van der Waals surface area contributed by atoms with Crippen molar-refractivity contribution in [1.29, 1.82) is 0 Å². The van der Waals surface area contributed by atoms with E-state index in [9.17, 15) is 14.0 Å². The summed E-state index contributed by atoms with van der Waals surface area (Å²) in [6.07, 6.45) is 4.49. The Bertz CT molecular complexity index is 1180. The van der Waals surface area contributed by atoms with Crippen LogP contribution in [-0.4, -0.2) is 32.4 Å². The highest BCUT2D eigenvalue weighted by molar-refractivity contribution is 5.79. The zero-order valence-electron chi connectivity index (χ0n) is 16.9. The summed E-state index contributed by atoms with van der Waals surface area (Å²) in [4.78, 5) is 32.9. The Kier molecular flexibility index (Phi) is 5.15. The van der Waals surface area contributed by atoms with E-state index in [4.69, 9.17) is 4.74 Å². The monoisotopic (exact) mass is 415 g/mol. The molecule has 1 saturated carbocycles. The first-order chi connectivity index (χ1) is 14.4. The number of ether oxygens (including phenoxy) is 2. The van der Waals surface area contributed by atoms with Crippen molar-refractivity contribution in [3.63, 3.8) is 0 Å². The summed E-state index contributed by atoms with van der Waals surface area (Å²) >= 11 is 0. The molecule has 0 bridgehead atoms. The number of halogens is 1. The number of methoxy groups -OCH3 is 1. The number of aryl methyl sites for hydroxylation is 2. The second kappa shape index (κ2) is 7.77. The molecule has 0 aliphatic heterocycles. The van der Waals surface area contributed by atoms with E-state index in [1.165, 1.54) is 17.7 Å². The molecule has 0 aromatic carbocycles. The van der Waals surface area contributed by atoms with E-state index in [0.717, 1.165) is 25.7 Å². The van der Waals surface area contributed by atoms with Gasteiger partial charge in [0.15, 0.2) is 5.82 Å². The standard InChI is InChI=1S/C20H22FN5O4/c1-11-14-9-15(21)18(27)26(13-6-4-5-7-13)17(14)24-19(22-11)23-12-8-16(25(2)10-12)30-20(28)29-3/h8-10,13H,4-7H2,1-3H3,(H,22,23,24). The van der Waals surface area contributed by atoms with E-state index in [-0.39, 0.29) is 17.9 Å². The van der Waals surface area contributed by atoms with E-state index in [1.807, 2.05) is 0 Å². The summed E-state index contributed by atoms with van der Waals surface area (Å²) in [6, 6.07) is 2.72. The molecule has 1 N–H and O–H groups in total. The van der Waals surface area contributed by atoms with Gasteiger partial charge in [-0.25, -0.2) is 14.2 Å². The number of nitrogens with one attached hydrogen (secondary N) is 1. The molecule has 0 unspecified atom stereocenters. The summed E-state index contributed by atoms with van der Waals surface area (Å²) in [6.45, 7) is 1.74. The topological polar surface area (TPSA) is 100 Å². The van der Waals surface area contributed by atoms with E-state index >= 15 is 0 Å². The lowest BCUT2D eigenvalue weighted by atomic mass is 10.2. The van der Waals surface area contributed by atoms with E-state index in [2.05, 4.69) is 20.0 Å². The number of pyridine rings is 1. The van der Waals surface area contributed by atoms with Gasteiger partial charge in [0.2, 0.25) is 11.8 Å². The van der Waals surface area contributed by atoms with Gasteiger partial charge in [-0.05, 0) is 25.8 Å². The molecule has 1 fully saturated rings. The second-order valence-electron chi connectivity index (χ2n) is 7.33. The maximum absolute atomic E-state index is 14.3. The summed E-state index contributed by atoms with van der Waals surface area (Å²) in [7, 11) is 2.93. The molecule has 158 valence electrons. The molecule has 0 atom stereocenters. The highest BCUT2D eigenvalue weighted by atomic mass is 19.1. The molecule has 1 aliphatic rings. The van der Waals surface area contributed by atoms with Crippen LogP contribution in [0, 0.1) is 12.7 Å². The maximum atomic E-state index is 14.3. The van der Waals surface area contributed by atoms with Crippen LogP contribution in [0.15, 0.2) is 23.1 Å². The molecule has 1 aliphatic carbocycles. The fraction of sp³-hybridized carbons (Fsp3) is 0.400. The van der Waals surface area contributed by atoms with Crippen LogP contribution < -0.4 is 15.6 Å². The summed E-state index contributed by atoms with van der Waals surface area (Å²) < 4.78 is 26.9. The molecule has 10 heteroatoms. The van der Waals surface area contributed by atoms with Gasteiger partial charge in [-0.15, -0.1) is 0 Å². The Balaban J connectivity index is 1.75. The largest absolute Gasteiger partial charge is 0.514 e. The quantitative estimate of drug-likeness (QED) is 0.650. The molecule has 3 aromatic rings. The predicted molar refractivity (Wildman–Crippen MR) is 108 cm³/mol. The Hall–Kier alpha value is -3.43. The van der Waals surface area contributed by atoms with Crippen molar-refractivity contribution in [2.24, 2.45) is 7.05 Å². The van der Waals surface area contributed by atoms with Crippen molar-refractivity contribution in [1.82, 2.24) is 19.1 Å². The number of rotatable bonds is 4. The van der Waals surface area contributed by atoms with Gasteiger partial charge in [-0.1, -0.05) is 12.8 Å². The molecule has 3 aromatic heterocycles. The highest BCUT2D eigenvalue weighted by Gasteiger charge is 2.23. The first kappa shape index (κ1) is 19.9. The minimum atomic E-state index is -0.830. The van der Waals surface area contributed by atoms with Crippen LogP contribution in [-0.2, 0) is 11.8 Å². The average Bonchev–Trinajstić information content (AvgIpc) is 3.34. The minimum Gasteiger partial charge on any atom is -0.437 e. The zero-order chi connectivity index (χ0) is 21.4. The SMILES string of the molecule is COC(=O)Oc1cc(Nc2nc(C)c3cc(F)c(=O)n(C4CCCC4)c3n2)cn1C. The van der Waals surface area contributed by atoms with Crippen LogP contribution in [0.5, 0.6) is 5.88 Å². The Morgan fingerprint density at radius 1 is 1.27 bits per heavy atom. The Morgan fingerprint density at radius 2 is 2.00 bits per heavy atom. The van der Waals surface area contributed by atoms with Gasteiger partial charge >= 0.3 is 6.16 Å². The van der Waals surface area contributed by atoms with Crippen molar-refractivity contribution in [2.45, 2.75) is 38.6 Å². The van der Waals surface area contributed by atoms with Crippen LogP contribution in [0.25, 0.3) is 11.0 Å². The normalized spacial score (nSPS) is 14.3. The van der Waals surface area contributed by atoms with Gasteiger partial charge in [0.25, 0.3) is 5.56 Å². The number of hydrogen-bond acceptors (Lipinski definition) is 7. The van der Waals surface area contributed by atoms with Crippen LogP contribution in [0.3, 0.4) is 0 Å². The van der Waals surface area contributed by atoms with Crippen LogP contribution >= 0.6 is 0 Å². The second-order valence-corrected chi connectivity index (χ2v) is 7.33. The van der Waals surface area contributed by atoms with E-state index in [1.54, 1.807) is 30.8 Å². The van der Waals surface area contributed by atoms with E-state index in [0.29, 0.717) is 22.4 Å². The smallest absolute Gasteiger partial charge is 0.437 e. The number of fused-ring (bicyclic) bond motifs is 1. The van der Waals surface area contributed by atoms with Crippen molar-refractivity contribution in [2.75, 3.05) is 12.4 Å². The van der Waals surface area contributed by atoms with Gasteiger partial charge in [0, 0.05) is 30.7 Å². The first-order valence-electron chi connectivity index (χ1n) is 9.66. The molecule has 3 heterocycles. The molecule has 0 saturated heterocycles. The fourth-order valence-electron chi connectivity index (χ4n) is 3.85. The van der Waals surface area contributed by atoms with E-state index < -0.39 is 17.5 Å². The van der Waals surface area contributed by atoms with Crippen LogP contribution in [0.2, 0.25) is 0 Å². The highest BCUT2D eigenvalue weighted by Crippen LogP contribution is 2.31. The van der Waals surface area contributed by atoms with Crippen molar-refractivity contribution < 1.29 is 18.7 Å². The molecule has 30 heavy (non-hydrogen) atoms. The zero-order valence-corrected chi connectivity index (χ0v) is 16.9.